The van der Waals surface area contributed by atoms with Crippen LogP contribution in [-0.2, 0) is 19.8 Å². The molecule has 2 aliphatic rings. The van der Waals surface area contributed by atoms with Crippen LogP contribution in [0, 0.1) is 0 Å². The summed E-state index contributed by atoms with van der Waals surface area (Å²) < 4.78 is 5.51. The first-order chi connectivity index (χ1) is 16.4. The van der Waals surface area contributed by atoms with Gasteiger partial charge >= 0.3 is 0 Å². The van der Waals surface area contributed by atoms with Gasteiger partial charge in [-0.15, -0.1) is 0 Å². The molecule has 0 saturated carbocycles. The topological polar surface area (TPSA) is 95.6 Å². The predicted octanol–water partition coefficient (Wildman–Crippen LogP) is 2.99. The van der Waals surface area contributed by atoms with Gasteiger partial charge in [0, 0.05) is 44.5 Å². The third-order valence-corrected chi connectivity index (χ3v) is 7.19. The van der Waals surface area contributed by atoms with Gasteiger partial charge in [-0.3, -0.25) is 19.3 Å². The lowest BCUT2D eigenvalue weighted by Crippen LogP contribution is -2.45. The molecule has 1 aromatic heterocycles. The molecule has 2 aromatic carbocycles. The molecule has 0 unspecified atom stereocenters. The smallest absolute Gasteiger partial charge is 0.240 e. The second-order valence-corrected chi connectivity index (χ2v) is 9.21. The average Bonchev–Trinajstić information content (AvgIpc) is 3.40. The molecule has 0 aliphatic carbocycles. The maximum atomic E-state index is 13.6. The van der Waals surface area contributed by atoms with E-state index in [1.807, 2.05) is 35.2 Å². The fourth-order valence-electron chi connectivity index (χ4n) is 5.33. The highest BCUT2D eigenvalue weighted by atomic mass is 16.5. The van der Waals surface area contributed by atoms with Crippen molar-refractivity contribution in [3.63, 3.8) is 0 Å². The summed E-state index contributed by atoms with van der Waals surface area (Å²) in [5.74, 6) is 0.693. The molecule has 2 aliphatic heterocycles. The predicted molar refractivity (Wildman–Crippen MR) is 126 cm³/mol. The van der Waals surface area contributed by atoms with Gasteiger partial charge in [-0.25, -0.2) is 4.98 Å². The van der Waals surface area contributed by atoms with Crippen molar-refractivity contribution in [1.29, 1.82) is 0 Å². The van der Waals surface area contributed by atoms with E-state index >= 15 is 0 Å². The Morgan fingerprint density at radius 3 is 2.68 bits per heavy atom. The monoisotopic (exact) mass is 460 g/mol. The van der Waals surface area contributed by atoms with Gasteiger partial charge in [0.1, 0.15) is 11.6 Å². The minimum absolute atomic E-state index is 0.0463. The largest absolute Gasteiger partial charge is 0.496 e. The van der Waals surface area contributed by atoms with E-state index < -0.39 is 5.41 Å². The number of imide groups is 1. The fraction of sp³-hybridized carbons (Fsp3) is 0.385. The Morgan fingerprint density at radius 1 is 1.18 bits per heavy atom. The van der Waals surface area contributed by atoms with E-state index in [2.05, 4.69) is 4.98 Å². The molecule has 3 amide bonds. The zero-order valence-electron chi connectivity index (χ0n) is 19.4. The van der Waals surface area contributed by atoms with Gasteiger partial charge in [-0.2, -0.15) is 0 Å². The van der Waals surface area contributed by atoms with Crippen molar-refractivity contribution in [2.75, 3.05) is 27.2 Å². The number of benzene rings is 2. The fourth-order valence-corrected chi connectivity index (χ4v) is 5.33. The van der Waals surface area contributed by atoms with Gasteiger partial charge in [0.15, 0.2) is 0 Å². The Kier molecular flexibility index (Phi) is 5.59. The van der Waals surface area contributed by atoms with Crippen LogP contribution in [0.3, 0.4) is 0 Å². The summed E-state index contributed by atoms with van der Waals surface area (Å²) in [6.45, 7) is 1.15. The van der Waals surface area contributed by atoms with Crippen molar-refractivity contribution in [1.82, 2.24) is 19.8 Å². The lowest BCUT2D eigenvalue weighted by Gasteiger charge is -2.35. The Hall–Kier alpha value is -3.68. The number of fused-ring (bicyclic) bond motifs is 1. The van der Waals surface area contributed by atoms with Crippen molar-refractivity contribution >= 4 is 28.8 Å². The first kappa shape index (κ1) is 22.1. The van der Waals surface area contributed by atoms with E-state index in [9.17, 15) is 14.4 Å². The van der Waals surface area contributed by atoms with E-state index in [-0.39, 0.29) is 36.5 Å². The molecular weight excluding hydrogens is 432 g/mol. The lowest BCUT2D eigenvalue weighted by atomic mass is 9.75. The van der Waals surface area contributed by atoms with Crippen LogP contribution >= 0.6 is 0 Å². The third-order valence-electron chi connectivity index (χ3n) is 7.19. The number of H-pyrrole nitrogens is 1. The van der Waals surface area contributed by atoms with Crippen molar-refractivity contribution < 1.29 is 19.1 Å². The van der Waals surface area contributed by atoms with Gasteiger partial charge in [0.05, 0.1) is 23.6 Å². The highest BCUT2D eigenvalue weighted by molar-refractivity contribution is 6.10. The molecule has 0 radical (unpaired) electrons. The molecule has 3 aromatic rings. The number of likely N-dealkylation sites (N-methyl/N-ethyl adjacent to an activating group) is 1. The quantitative estimate of drug-likeness (QED) is 0.591. The number of hydrogen-bond donors (Lipinski definition) is 1. The van der Waals surface area contributed by atoms with Crippen LogP contribution in [0.1, 0.15) is 43.0 Å². The Labute approximate surface area is 197 Å². The summed E-state index contributed by atoms with van der Waals surface area (Å²) in [5, 5.41) is 0. The molecular formula is C26H28N4O4. The molecule has 2 atom stereocenters. The minimum atomic E-state index is -1.26. The standard InChI is InChI=1S/C26H28N4O4/c1-29-22(31)14-26(25(29)33,18-9-3-6-12-21(18)34-2)15-23(32)30-13-7-8-17(16-30)24-27-19-10-4-5-11-20(19)28-24/h3-6,9-12,17H,7-8,13-16H2,1-2H3,(H,27,28)/t17-,26-/m1/s1. The van der Waals surface area contributed by atoms with Crippen LogP contribution in [0.5, 0.6) is 5.75 Å². The molecule has 1 N–H and O–H groups in total. The third kappa shape index (κ3) is 3.63. The number of methoxy groups -OCH3 is 1. The number of imidazole rings is 1. The molecule has 8 heteroatoms. The Bertz CT molecular complexity index is 1240. The van der Waals surface area contributed by atoms with Gasteiger partial charge in [-0.05, 0) is 31.0 Å². The highest BCUT2D eigenvalue weighted by Crippen LogP contribution is 2.44. The number of nitrogens with one attached hydrogen (secondary N) is 1. The zero-order valence-corrected chi connectivity index (χ0v) is 19.4. The van der Waals surface area contributed by atoms with Crippen molar-refractivity contribution in [2.45, 2.75) is 37.0 Å². The molecule has 8 nitrogen and oxygen atoms in total. The number of para-hydroxylation sites is 3. The van der Waals surface area contributed by atoms with Crippen molar-refractivity contribution in [3.05, 3.63) is 59.9 Å². The van der Waals surface area contributed by atoms with Gasteiger partial charge < -0.3 is 14.6 Å². The van der Waals surface area contributed by atoms with Crippen LogP contribution in [-0.4, -0.2) is 64.7 Å². The van der Waals surface area contributed by atoms with E-state index in [0.717, 1.165) is 34.6 Å². The number of nitrogens with zero attached hydrogens (tertiary/aromatic N) is 3. The molecule has 2 fully saturated rings. The number of rotatable bonds is 5. The first-order valence-electron chi connectivity index (χ1n) is 11.6. The Balaban J connectivity index is 1.42. The number of carbonyl (C=O) groups is 3. The van der Waals surface area contributed by atoms with E-state index in [1.165, 1.54) is 14.2 Å². The van der Waals surface area contributed by atoms with Crippen LogP contribution in [0.15, 0.2) is 48.5 Å². The van der Waals surface area contributed by atoms with Gasteiger partial charge in [-0.1, -0.05) is 30.3 Å². The first-order valence-corrected chi connectivity index (χ1v) is 11.6. The van der Waals surface area contributed by atoms with Crippen molar-refractivity contribution in [3.8, 4) is 5.75 Å². The molecule has 176 valence electrons. The second kappa shape index (κ2) is 8.59. The van der Waals surface area contributed by atoms with Gasteiger partial charge in [0.25, 0.3) is 0 Å². The van der Waals surface area contributed by atoms with E-state index in [4.69, 9.17) is 9.72 Å². The van der Waals surface area contributed by atoms with Crippen LogP contribution < -0.4 is 4.74 Å². The molecule has 3 heterocycles. The number of likely N-dealkylation sites (tertiary alicyclic amines) is 2. The lowest BCUT2D eigenvalue weighted by molar-refractivity contribution is -0.142. The summed E-state index contributed by atoms with van der Waals surface area (Å²) in [4.78, 5) is 50.6. The van der Waals surface area contributed by atoms with Crippen molar-refractivity contribution in [2.24, 2.45) is 0 Å². The molecule has 0 bridgehead atoms. The van der Waals surface area contributed by atoms with Crippen LogP contribution in [0.2, 0.25) is 0 Å². The summed E-state index contributed by atoms with van der Waals surface area (Å²) in [6, 6.07) is 15.0. The highest BCUT2D eigenvalue weighted by Gasteiger charge is 2.54. The Morgan fingerprint density at radius 2 is 1.94 bits per heavy atom. The van der Waals surface area contributed by atoms with E-state index in [0.29, 0.717) is 24.4 Å². The van der Waals surface area contributed by atoms with Gasteiger partial charge in [0.2, 0.25) is 17.7 Å². The van der Waals surface area contributed by atoms with Crippen LogP contribution in [0.4, 0.5) is 0 Å². The maximum absolute atomic E-state index is 13.6. The summed E-state index contributed by atoms with van der Waals surface area (Å²) in [5.41, 5.74) is 1.21. The number of carbonyl (C=O) groups excluding carboxylic acids is 3. The SMILES string of the molecule is COc1ccccc1[C@]1(CC(=O)N2CCC[C@@H](c3nc4ccccc4[nH]3)C2)CC(=O)N(C)C1=O. The van der Waals surface area contributed by atoms with E-state index in [1.54, 1.807) is 18.2 Å². The molecule has 5 rings (SSSR count). The average molecular weight is 461 g/mol. The molecule has 2 saturated heterocycles. The number of amides is 3. The van der Waals surface area contributed by atoms with Crippen LogP contribution in [0.25, 0.3) is 11.0 Å². The normalized spacial score (nSPS) is 23.1. The second-order valence-electron chi connectivity index (χ2n) is 9.21. The molecule has 0 spiro atoms. The number of piperidine rings is 1. The molecule has 34 heavy (non-hydrogen) atoms. The summed E-state index contributed by atoms with van der Waals surface area (Å²) >= 11 is 0. The number of aromatic nitrogens is 2. The summed E-state index contributed by atoms with van der Waals surface area (Å²) in [6.07, 6.45) is 1.66. The zero-order chi connectivity index (χ0) is 23.9. The maximum Gasteiger partial charge on any atom is 0.240 e. The number of hydrogen-bond acceptors (Lipinski definition) is 5. The number of ether oxygens (including phenoxy) is 1. The summed E-state index contributed by atoms with van der Waals surface area (Å²) in [7, 11) is 3.01. The minimum Gasteiger partial charge on any atom is -0.496 e. The number of aromatic amines is 1.